The van der Waals surface area contributed by atoms with Crippen LogP contribution in [0.1, 0.15) is 42.2 Å². The van der Waals surface area contributed by atoms with Crippen molar-refractivity contribution in [3.05, 3.63) is 17.5 Å². The minimum atomic E-state index is -4.63. The van der Waals surface area contributed by atoms with E-state index in [1.165, 1.54) is 26.3 Å². The molecule has 0 aromatic carbocycles. The molecule has 5 nitrogen and oxygen atoms in total. The van der Waals surface area contributed by atoms with Gasteiger partial charge in [0.1, 0.15) is 0 Å². The Bertz CT molecular complexity index is 535. The number of amides is 1. The standard InChI is InChI=1S/C15H23F3N4O/c1-11(9-22-6-4-3-5-7-22)8-19-14(23)12-10-21(2)20-13(12)15(16,17)18/h10-11H,3-9H2,1-2H3,(H,19,23). The van der Waals surface area contributed by atoms with Gasteiger partial charge in [0.05, 0.1) is 5.56 Å². The Hall–Kier alpha value is -1.57. The fourth-order valence-corrected chi connectivity index (χ4v) is 2.87. The van der Waals surface area contributed by atoms with Crippen LogP contribution in [0.3, 0.4) is 0 Å². The van der Waals surface area contributed by atoms with Crippen molar-refractivity contribution in [2.75, 3.05) is 26.2 Å². The Morgan fingerprint density at radius 1 is 1.35 bits per heavy atom. The number of carbonyl (C=O) groups is 1. The van der Waals surface area contributed by atoms with E-state index in [-0.39, 0.29) is 5.92 Å². The molecule has 0 bridgehead atoms. The fraction of sp³-hybridized carbons (Fsp3) is 0.733. The van der Waals surface area contributed by atoms with Crippen molar-refractivity contribution in [2.24, 2.45) is 13.0 Å². The molecule has 1 aromatic rings. The van der Waals surface area contributed by atoms with E-state index in [0.717, 1.165) is 30.5 Å². The number of piperidine rings is 1. The van der Waals surface area contributed by atoms with E-state index in [1.807, 2.05) is 6.92 Å². The normalized spacial score (nSPS) is 18.0. The van der Waals surface area contributed by atoms with Crippen molar-refractivity contribution in [3.63, 3.8) is 0 Å². The first-order chi connectivity index (χ1) is 10.8. The summed E-state index contributed by atoms with van der Waals surface area (Å²) in [6, 6.07) is 0. The molecule has 1 saturated heterocycles. The van der Waals surface area contributed by atoms with Crippen LogP contribution in [-0.2, 0) is 13.2 Å². The number of rotatable bonds is 5. The molecule has 0 aliphatic carbocycles. The fourth-order valence-electron chi connectivity index (χ4n) is 2.87. The van der Waals surface area contributed by atoms with Crippen molar-refractivity contribution in [1.29, 1.82) is 0 Å². The Morgan fingerprint density at radius 2 is 2.00 bits per heavy atom. The van der Waals surface area contributed by atoms with Crippen LogP contribution < -0.4 is 5.32 Å². The maximum atomic E-state index is 12.9. The Balaban J connectivity index is 1.89. The zero-order valence-electron chi connectivity index (χ0n) is 13.5. The Morgan fingerprint density at radius 3 is 2.61 bits per heavy atom. The molecular formula is C15H23F3N4O. The number of nitrogens with one attached hydrogen (secondary N) is 1. The second kappa shape index (κ2) is 7.33. The zero-order chi connectivity index (χ0) is 17.0. The van der Waals surface area contributed by atoms with Gasteiger partial charge in [-0.2, -0.15) is 18.3 Å². The van der Waals surface area contributed by atoms with E-state index in [1.54, 1.807) is 0 Å². The lowest BCUT2D eigenvalue weighted by Gasteiger charge is -2.29. The van der Waals surface area contributed by atoms with Gasteiger partial charge in [-0.15, -0.1) is 0 Å². The summed E-state index contributed by atoms with van der Waals surface area (Å²) >= 11 is 0. The third kappa shape index (κ3) is 4.95. The molecule has 1 unspecified atom stereocenters. The number of halogens is 3. The molecule has 2 heterocycles. The van der Waals surface area contributed by atoms with Crippen LogP contribution in [0, 0.1) is 5.92 Å². The highest BCUT2D eigenvalue weighted by Gasteiger charge is 2.38. The van der Waals surface area contributed by atoms with E-state index in [4.69, 9.17) is 0 Å². The average Bonchev–Trinajstić information content (AvgIpc) is 2.88. The summed E-state index contributed by atoms with van der Waals surface area (Å²) in [6.07, 6.45) is 0.0943. The molecule has 0 radical (unpaired) electrons. The minimum Gasteiger partial charge on any atom is -0.352 e. The summed E-state index contributed by atoms with van der Waals surface area (Å²) in [5.41, 5.74) is -1.56. The van der Waals surface area contributed by atoms with E-state index < -0.39 is 23.3 Å². The van der Waals surface area contributed by atoms with E-state index in [9.17, 15) is 18.0 Å². The summed E-state index contributed by atoms with van der Waals surface area (Å²) in [5, 5.41) is 5.94. The molecule has 1 aromatic heterocycles. The van der Waals surface area contributed by atoms with Crippen molar-refractivity contribution >= 4 is 5.91 Å². The molecule has 8 heteroatoms. The van der Waals surface area contributed by atoms with E-state index in [0.29, 0.717) is 6.54 Å². The van der Waals surface area contributed by atoms with Crippen LogP contribution in [0.25, 0.3) is 0 Å². The van der Waals surface area contributed by atoms with Crippen molar-refractivity contribution in [1.82, 2.24) is 20.0 Å². The van der Waals surface area contributed by atoms with Gasteiger partial charge in [0.25, 0.3) is 5.91 Å². The topological polar surface area (TPSA) is 50.2 Å². The third-order valence-electron chi connectivity index (χ3n) is 3.97. The van der Waals surface area contributed by atoms with Gasteiger partial charge in [-0.1, -0.05) is 13.3 Å². The maximum Gasteiger partial charge on any atom is 0.435 e. The van der Waals surface area contributed by atoms with Crippen LogP contribution in [0.2, 0.25) is 0 Å². The van der Waals surface area contributed by atoms with Gasteiger partial charge in [0.15, 0.2) is 5.69 Å². The number of alkyl halides is 3. The summed E-state index contributed by atoms with van der Waals surface area (Å²) in [4.78, 5) is 14.4. The van der Waals surface area contributed by atoms with Gasteiger partial charge < -0.3 is 10.2 Å². The Kier molecular flexibility index (Phi) is 5.67. The third-order valence-corrected chi connectivity index (χ3v) is 3.97. The van der Waals surface area contributed by atoms with E-state index >= 15 is 0 Å². The molecular weight excluding hydrogens is 309 g/mol. The van der Waals surface area contributed by atoms with Crippen LogP contribution in [0.4, 0.5) is 13.2 Å². The van der Waals surface area contributed by atoms with Gasteiger partial charge >= 0.3 is 6.18 Å². The highest BCUT2D eigenvalue weighted by molar-refractivity contribution is 5.95. The summed E-state index contributed by atoms with van der Waals surface area (Å²) in [7, 11) is 1.37. The maximum absolute atomic E-state index is 12.9. The smallest absolute Gasteiger partial charge is 0.352 e. The van der Waals surface area contributed by atoms with Crippen molar-refractivity contribution in [2.45, 2.75) is 32.4 Å². The quantitative estimate of drug-likeness (QED) is 0.900. The van der Waals surface area contributed by atoms with Crippen molar-refractivity contribution < 1.29 is 18.0 Å². The number of hydrogen-bond acceptors (Lipinski definition) is 3. The number of hydrogen-bond donors (Lipinski definition) is 1. The molecule has 1 atom stereocenters. The predicted octanol–water partition coefficient (Wildman–Crippen LogP) is 2.29. The predicted molar refractivity (Wildman–Crippen MR) is 80.0 cm³/mol. The highest BCUT2D eigenvalue weighted by Crippen LogP contribution is 2.30. The van der Waals surface area contributed by atoms with Gasteiger partial charge in [0.2, 0.25) is 0 Å². The summed E-state index contributed by atoms with van der Waals surface area (Å²) in [5.74, 6) is -0.543. The minimum absolute atomic E-state index is 0.183. The SMILES string of the molecule is CC(CNC(=O)c1cn(C)nc1C(F)(F)F)CN1CCCCC1. The first kappa shape index (κ1) is 17.8. The van der Waals surface area contributed by atoms with Crippen LogP contribution in [-0.4, -0.2) is 46.8 Å². The summed E-state index contributed by atoms with van der Waals surface area (Å²) in [6.45, 7) is 5.29. The average molecular weight is 332 g/mol. The van der Waals surface area contributed by atoms with Crippen LogP contribution in [0.15, 0.2) is 6.20 Å². The number of nitrogens with zero attached hydrogens (tertiary/aromatic N) is 3. The molecule has 23 heavy (non-hydrogen) atoms. The second-order valence-corrected chi connectivity index (χ2v) is 6.24. The zero-order valence-corrected chi connectivity index (χ0v) is 13.5. The number of aromatic nitrogens is 2. The molecule has 1 aliphatic heterocycles. The number of aryl methyl sites for hydroxylation is 1. The monoisotopic (exact) mass is 332 g/mol. The largest absolute Gasteiger partial charge is 0.435 e. The first-order valence-corrected chi connectivity index (χ1v) is 7.88. The first-order valence-electron chi connectivity index (χ1n) is 7.88. The van der Waals surface area contributed by atoms with Gasteiger partial charge in [-0.3, -0.25) is 9.48 Å². The lowest BCUT2D eigenvalue weighted by molar-refractivity contribution is -0.141. The molecule has 2 rings (SSSR count). The Labute approximate surface area is 133 Å². The van der Waals surface area contributed by atoms with Gasteiger partial charge in [-0.25, -0.2) is 0 Å². The van der Waals surface area contributed by atoms with E-state index in [2.05, 4.69) is 15.3 Å². The lowest BCUT2D eigenvalue weighted by Crippen LogP contribution is -2.38. The molecule has 1 amide bonds. The van der Waals surface area contributed by atoms with Gasteiger partial charge in [0, 0.05) is 26.3 Å². The lowest BCUT2D eigenvalue weighted by atomic mass is 10.1. The molecule has 130 valence electrons. The summed E-state index contributed by atoms with van der Waals surface area (Å²) < 4.78 is 39.6. The molecule has 0 saturated carbocycles. The molecule has 1 aliphatic rings. The molecule has 1 N–H and O–H groups in total. The molecule has 1 fully saturated rings. The van der Waals surface area contributed by atoms with Crippen LogP contribution >= 0.6 is 0 Å². The van der Waals surface area contributed by atoms with Crippen molar-refractivity contribution in [3.8, 4) is 0 Å². The van der Waals surface area contributed by atoms with Crippen LogP contribution in [0.5, 0.6) is 0 Å². The number of likely N-dealkylation sites (tertiary alicyclic amines) is 1. The molecule has 0 spiro atoms. The highest BCUT2D eigenvalue weighted by atomic mass is 19.4. The number of carbonyl (C=O) groups excluding carboxylic acids is 1. The second-order valence-electron chi connectivity index (χ2n) is 6.24. The van der Waals surface area contributed by atoms with Gasteiger partial charge in [-0.05, 0) is 31.8 Å².